The number of carbonyl (C=O) groups is 5. The molecular formula is C7H8O9. The monoisotopic (exact) mass is 236 g/mol. The molecule has 0 radical (unpaired) electrons. The summed E-state index contributed by atoms with van der Waals surface area (Å²) in [4.78, 5) is 47.8. The Morgan fingerprint density at radius 2 is 1.44 bits per heavy atom. The Labute approximate surface area is 87.9 Å². The summed E-state index contributed by atoms with van der Waals surface area (Å²) in [7, 11) is 0. The van der Waals surface area contributed by atoms with Crippen molar-refractivity contribution >= 4 is 30.0 Å². The summed E-state index contributed by atoms with van der Waals surface area (Å²) in [6, 6.07) is 0. The third kappa shape index (κ3) is 9.80. The molecule has 0 aromatic carbocycles. The van der Waals surface area contributed by atoms with Crippen molar-refractivity contribution in [3.63, 3.8) is 0 Å². The molecule has 0 spiro atoms. The number of hydrogen-bond donors (Lipinski definition) is 4. The van der Waals surface area contributed by atoms with Crippen LogP contribution in [0.5, 0.6) is 0 Å². The SMILES string of the molecule is O=C(O)C(=O)CC(O)C(=O)O.O=CC(=O)O. The molecule has 0 amide bonds. The van der Waals surface area contributed by atoms with E-state index < -0.39 is 36.2 Å². The number of rotatable bonds is 5. The van der Waals surface area contributed by atoms with Crippen molar-refractivity contribution in [2.24, 2.45) is 0 Å². The van der Waals surface area contributed by atoms with Gasteiger partial charge in [0.1, 0.15) is 0 Å². The van der Waals surface area contributed by atoms with Gasteiger partial charge < -0.3 is 20.4 Å². The van der Waals surface area contributed by atoms with E-state index in [0.717, 1.165) is 0 Å². The first-order chi connectivity index (χ1) is 7.22. The van der Waals surface area contributed by atoms with Gasteiger partial charge in [-0.1, -0.05) is 0 Å². The normalized spacial score (nSPS) is 10.3. The summed E-state index contributed by atoms with van der Waals surface area (Å²) in [5.41, 5.74) is 0. The van der Waals surface area contributed by atoms with E-state index in [2.05, 4.69) is 0 Å². The molecule has 0 saturated carbocycles. The summed E-state index contributed by atoms with van der Waals surface area (Å²) < 4.78 is 0. The largest absolute Gasteiger partial charge is 0.479 e. The number of aldehydes is 1. The third-order valence-corrected chi connectivity index (χ3v) is 1.00. The van der Waals surface area contributed by atoms with Gasteiger partial charge in [-0.3, -0.25) is 9.59 Å². The zero-order valence-electron chi connectivity index (χ0n) is 7.69. The highest BCUT2D eigenvalue weighted by Gasteiger charge is 2.21. The highest BCUT2D eigenvalue weighted by molar-refractivity contribution is 6.33. The maximum Gasteiger partial charge on any atom is 0.372 e. The molecule has 0 bridgehead atoms. The summed E-state index contributed by atoms with van der Waals surface area (Å²) in [6.45, 7) is 0. The topological polar surface area (TPSA) is 166 Å². The van der Waals surface area contributed by atoms with Gasteiger partial charge in [0.05, 0.1) is 6.42 Å². The molecule has 0 heterocycles. The molecule has 9 nitrogen and oxygen atoms in total. The molecule has 0 aromatic rings. The van der Waals surface area contributed by atoms with Crippen LogP contribution in [0.4, 0.5) is 0 Å². The molecule has 90 valence electrons. The summed E-state index contributed by atoms with van der Waals surface area (Å²) in [6.07, 6.45) is -3.00. The van der Waals surface area contributed by atoms with Gasteiger partial charge in [-0.25, -0.2) is 14.4 Å². The number of carboxylic acids is 3. The average Bonchev–Trinajstić information content (AvgIpc) is 2.18. The van der Waals surface area contributed by atoms with E-state index in [1.54, 1.807) is 0 Å². The van der Waals surface area contributed by atoms with Crippen LogP contribution in [0.25, 0.3) is 0 Å². The number of carbonyl (C=O) groups excluding carboxylic acids is 2. The van der Waals surface area contributed by atoms with Crippen molar-refractivity contribution in [1.82, 2.24) is 0 Å². The predicted molar refractivity (Wildman–Crippen MR) is 44.6 cm³/mol. The highest BCUT2D eigenvalue weighted by atomic mass is 16.4. The first kappa shape index (κ1) is 16.2. The number of aliphatic carboxylic acids is 3. The van der Waals surface area contributed by atoms with E-state index in [0.29, 0.717) is 0 Å². The van der Waals surface area contributed by atoms with Gasteiger partial charge in [-0.2, -0.15) is 0 Å². The fourth-order valence-corrected chi connectivity index (χ4v) is 0.350. The Bertz CT molecular complexity index is 305. The van der Waals surface area contributed by atoms with Crippen LogP contribution in [0.3, 0.4) is 0 Å². The lowest BCUT2D eigenvalue weighted by Gasteiger charge is -1.99. The van der Waals surface area contributed by atoms with Crippen LogP contribution in [-0.2, 0) is 24.0 Å². The lowest BCUT2D eigenvalue weighted by Crippen LogP contribution is -2.26. The number of hydrogen-bond acceptors (Lipinski definition) is 6. The first-order valence-corrected chi connectivity index (χ1v) is 3.57. The molecule has 4 N–H and O–H groups in total. The Balaban J connectivity index is 0. The molecule has 1 unspecified atom stereocenters. The van der Waals surface area contributed by atoms with Crippen LogP contribution >= 0.6 is 0 Å². The van der Waals surface area contributed by atoms with Crippen LogP contribution < -0.4 is 0 Å². The minimum atomic E-state index is -1.93. The molecule has 0 rings (SSSR count). The van der Waals surface area contributed by atoms with E-state index in [9.17, 15) is 14.4 Å². The van der Waals surface area contributed by atoms with E-state index in [1.807, 2.05) is 0 Å². The number of carboxylic acid groups (broad SMARTS) is 3. The number of Topliss-reactive ketones (excluding diaryl/α,β-unsaturated/α-hetero) is 1. The fraction of sp³-hybridized carbons (Fsp3) is 0.286. The van der Waals surface area contributed by atoms with Gasteiger partial charge in [0.15, 0.2) is 6.10 Å². The predicted octanol–water partition coefficient (Wildman–Crippen LogP) is -2.25. The molecule has 0 aliphatic heterocycles. The highest BCUT2D eigenvalue weighted by Crippen LogP contribution is 1.92. The minimum Gasteiger partial charge on any atom is -0.479 e. The molecule has 1 atom stereocenters. The van der Waals surface area contributed by atoms with Gasteiger partial charge >= 0.3 is 17.9 Å². The second-order valence-corrected chi connectivity index (χ2v) is 2.24. The second-order valence-electron chi connectivity index (χ2n) is 2.24. The molecule has 0 aliphatic rings. The first-order valence-electron chi connectivity index (χ1n) is 3.57. The number of ketones is 1. The van der Waals surface area contributed by atoms with Crippen molar-refractivity contribution in [3.05, 3.63) is 0 Å². The van der Waals surface area contributed by atoms with Gasteiger partial charge in [-0.15, -0.1) is 0 Å². The van der Waals surface area contributed by atoms with Gasteiger partial charge in [0.25, 0.3) is 0 Å². The van der Waals surface area contributed by atoms with Crippen LogP contribution in [0.2, 0.25) is 0 Å². The molecule has 0 saturated heterocycles. The Kier molecular flexibility index (Phi) is 8.13. The summed E-state index contributed by atoms with van der Waals surface area (Å²) in [5.74, 6) is -6.10. The molecule has 16 heavy (non-hydrogen) atoms. The summed E-state index contributed by atoms with van der Waals surface area (Å²) in [5, 5.41) is 31.8. The Hall–Kier alpha value is -2.29. The Morgan fingerprint density at radius 3 is 1.62 bits per heavy atom. The van der Waals surface area contributed by atoms with E-state index >= 15 is 0 Å². The zero-order valence-corrected chi connectivity index (χ0v) is 7.69. The van der Waals surface area contributed by atoms with Crippen molar-refractivity contribution in [3.8, 4) is 0 Å². The van der Waals surface area contributed by atoms with Crippen LogP contribution in [-0.4, -0.2) is 56.5 Å². The fourth-order valence-electron chi connectivity index (χ4n) is 0.350. The maximum atomic E-state index is 10.2. The van der Waals surface area contributed by atoms with E-state index in [-0.39, 0.29) is 6.29 Å². The standard InChI is InChI=1S/C5H6O6.C2H2O3/c6-2(4(8)9)1-3(7)5(10)11;3-1-2(4)5/h2,6H,1H2,(H,8,9)(H,10,11);1H,(H,4,5). The average molecular weight is 236 g/mol. The van der Waals surface area contributed by atoms with Crippen LogP contribution in [0.1, 0.15) is 6.42 Å². The van der Waals surface area contributed by atoms with Crippen LogP contribution in [0, 0.1) is 0 Å². The third-order valence-electron chi connectivity index (χ3n) is 1.00. The van der Waals surface area contributed by atoms with Crippen LogP contribution in [0.15, 0.2) is 0 Å². The van der Waals surface area contributed by atoms with Gasteiger partial charge in [-0.05, 0) is 0 Å². The molecule has 9 heteroatoms. The van der Waals surface area contributed by atoms with Crippen molar-refractivity contribution in [1.29, 1.82) is 0 Å². The second kappa shape index (κ2) is 8.05. The lowest BCUT2D eigenvalue weighted by molar-refractivity contribution is -0.154. The van der Waals surface area contributed by atoms with Gasteiger partial charge in [0, 0.05) is 0 Å². The molecule has 0 aliphatic carbocycles. The zero-order chi connectivity index (χ0) is 13.3. The lowest BCUT2D eigenvalue weighted by atomic mass is 10.2. The van der Waals surface area contributed by atoms with E-state index in [4.69, 9.17) is 30.0 Å². The van der Waals surface area contributed by atoms with Crippen molar-refractivity contribution < 1.29 is 44.4 Å². The van der Waals surface area contributed by atoms with Crippen molar-refractivity contribution in [2.45, 2.75) is 12.5 Å². The van der Waals surface area contributed by atoms with E-state index in [1.165, 1.54) is 0 Å². The van der Waals surface area contributed by atoms with Crippen molar-refractivity contribution in [2.75, 3.05) is 0 Å². The molecule has 0 aromatic heterocycles. The number of aliphatic hydroxyl groups excluding tert-OH is 1. The molecule has 0 fully saturated rings. The van der Waals surface area contributed by atoms with Gasteiger partial charge in [0.2, 0.25) is 12.1 Å². The maximum absolute atomic E-state index is 10.2. The smallest absolute Gasteiger partial charge is 0.372 e. The molecular weight excluding hydrogens is 228 g/mol. The summed E-state index contributed by atoms with van der Waals surface area (Å²) >= 11 is 0. The number of aliphatic hydroxyl groups is 1. The Morgan fingerprint density at radius 1 is 1.06 bits per heavy atom. The quantitative estimate of drug-likeness (QED) is 0.304. The minimum absolute atomic E-state index is 0.167.